The van der Waals surface area contributed by atoms with E-state index >= 15 is 0 Å². The van der Waals surface area contributed by atoms with E-state index < -0.39 is 22.0 Å². The Bertz CT molecular complexity index is 670. The van der Waals surface area contributed by atoms with Gasteiger partial charge in [-0.3, -0.25) is 10.1 Å². The number of sulfonamides is 1. The van der Waals surface area contributed by atoms with E-state index in [-0.39, 0.29) is 10.6 Å². The zero-order chi connectivity index (χ0) is 16.9. The van der Waals surface area contributed by atoms with Crippen LogP contribution in [0.3, 0.4) is 0 Å². The first-order valence-corrected chi connectivity index (χ1v) is 9.46. The molecule has 0 atom stereocenters. The lowest BCUT2D eigenvalue weighted by molar-refractivity contribution is -0.117. The first kappa shape index (κ1) is 17.7. The Morgan fingerprint density at radius 3 is 2.57 bits per heavy atom. The average Bonchev–Trinajstić information content (AvgIpc) is 3.08. The Kier molecular flexibility index (Phi) is 5.97. The summed E-state index contributed by atoms with van der Waals surface area (Å²) in [5.41, 5.74) is 0. The number of amides is 3. The van der Waals surface area contributed by atoms with Crippen LogP contribution in [-0.2, 0) is 14.8 Å². The monoisotopic (exact) mass is 358 g/mol. The Morgan fingerprint density at radius 1 is 1.30 bits per heavy atom. The molecule has 2 heterocycles. The molecule has 23 heavy (non-hydrogen) atoms. The van der Waals surface area contributed by atoms with Gasteiger partial charge in [0.15, 0.2) is 0 Å². The van der Waals surface area contributed by atoms with Gasteiger partial charge in [0.2, 0.25) is 15.9 Å². The van der Waals surface area contributed by atoms with Crippen molar-refractivity contribution in [1.29, 1.82) is 0 Å². The van der Waals surface area contributed by atoms with Gasteiger partial charge in [0.05, 0.1) is 10.8 Å². The van der Waals surface area contributed by atoms with Gasteiger partial charge in [-0.25, -0.2) is 18.2 Å². The maximum absolute atomic E-state index is 12.3. The smallest absolute Gasteiger partial charge is 0.321 e. The number of nitrogens with one attached hydrogen (secondary N) is 2. The summed E-state index contributed by atoms with van der Waals surface area (Å²) in [7, 11) is -2.06. The van der Waals surface area contributed by atoms with Crippen LogP contribution in [0.4, 0.5) is 4.79 Å². The molecular formula is C13H18N4O4S2. The summed E-state index contributed by atoms with van der Waals surface area (Å²) in [4.78, 5) is 26.7. The van der Waals surface area contributed by atoms with Gasteiger partial charge in [0.25, 0.3) is 0 Å². The number of urea groups is 1. The van der Waals surface area contributed by atoms with Gasteiger partial charge in [-0.1, -0.05) is 11.8 Å². The number of carbonyl (C=O) groups is 2. The minimum absolute atomic E-state index is 0.0125. The molecule has 0 unspecified atom stereocenters. The predicted molar refractivity (Wildman–Crippen MR) is 85.6 cm³/mol. The van der Waals surface area contributed by atoms with E-state index in [0.717, 1.165) is 24.6 Å². The number of thioether (sulfide) groups is 1. The molecule has 0 bridgehead atoms. The van der Waals surface area contributed by atoms with Crippen LogP contribution < -0.4 is 10.6 Å². The molecule has 2 rings (SSSR count). The summed E-state index contributed by atoms with van der Waals surface area (Å²) in [5, 5.41) is 4.92. The Balaban J connectivity index is 1.94. The lowest BCUT2D eigenvalue weighted by Gasteiger charge is -2.15. The molecule has 0 aliphatic carbocycles. The summed E-state index contributed by atoms with van der Waals surface area (Å²) in [6.07, 6.45) is 3.05. The lowest BCUT2D eigenvalue weighted by Crippen LogP contribution is -2.38. The highest BCUT2D eigenvalue weighted by Gasteiger charge is 2.27. The molecule has 8 nitrogen and oxygen atoms in total. The van der Waals surface area contributed by atoms with Crippen LogP contribution in [-0.4, -0.2) is 55.5 Å². The molecule has 1 aliphatic heterocycles. The van der Waals surface area contributed by atoms with E-state index in [1.807, 2.05) is 0 Å². The van der Waals surface area contributed by atoms with Crippen LogP contribution in [0.2, 0.25) is 0 Å². The van der Waals surface area contributed by atoms with Crippen LogP contribution in [0, 0.1) is 0 Å². The Labute approximate surface area is 139 Å². The molecule has 0 aromatic carbocycles. The highest BCUT2D eigenvalue weighted by atomic mass is 32.2. The normalized spacial score (nSPS) is 15.3. The van der Waals surface area contributed by atoms with Gasteiger partial charge >= 0.3 is 6.03 Å². The molecule has 3 amide bonds. The number of rotatable bonds is 5. The molecule has 1 aromatic rings. The number of imide groups is 1. The molecular weight excluding hydrogens is 340 g/mol. The van der Waals surface area contributed by atoms with Gasteiger partial charge < -0.3 is 5.32 Å². The SMILES string of the molecule is CNC(=O)NC(=O)CSc1ccc(S(=O)(=O)N2CCCC2)cn1. The quantitative estimate of drug-likeness (QED) is 0.738. The molecule has 10 heteroatoms. The van der Waals surface area contributed by atoms with Crippen LogP contribution in [0.5, 0.6) is 0 Å². The van der Waals surface area contributed by atoms with Crippen molar-refractivity contribution in [2.24, 2.45) is 0 Å². The summed E-state index contributed by atoms with van der Waals surface area (Å²) in [5.74, 6) is -0.441. The zero-order valence-corrected chi connectivity index (χ0v) is 14.2. The fourth-order valence-electron chi connectivity index (χ4n) is 2.05. The van der Waals surface area contributed by atoms with E-state index in [2.05, 4.69) is 15.6 Å². The molecule has 1 saturated heterocycles. The van der Waals surface area contributed by atoms with Crippen molar-refractivity contribution < 1.29 is 18.0 Å². The first-order valence-electron chi connectivity index (χ1n) is 7.04. The second-order valence-corrected chi connectivity index (χ2v) is 7.79. The predicted octanol–water partition coefficient (Wildman–Crippen LogP) is 0.414. The maximum Gasteiger partial charge on any atom is 0.321 e. The molecule has 0 saturated carbocycles. The van der Waals surface area contributed by atoms with Crippen molar-refractivity contribution >= 4 is 33.7 Å². The van der Waals surface area contributed by atoms with Crippen LogP contribution >= 0.6 is 11.8 Å². The van der Waals surface area contributed by atoms with Crippen molar-refractivity contribution in [2.75, 3.05) is 25.9 Å². The van der Waals surface area contributed by atoms with Crippen molar-refractivity contribution in [1.82, 2.24) is 19.9 Å². The summed E-state index contributed by atoms with van der Waals surface area (Å²) in [6.45, 7) is 1.08. The minimum Gasteiger partial charge on any atom is -0.341 e. The molecule has 126 valence electrons. The van der Waals surface area contributed by atoms with Crippen LogP contribution in [0.1, 0.15) is 12.8 Å². The fourth-order valence-corrected chi connectivity index (χ4v) is 4.15. The summed E-state index contributed by atoms with van der Waals surface area (Å²) in [6, 6.07) is 2.47. The Morgan fingerprint density at radius 2 is 2.00 bits per heavy atom. The summed E-state index contributed by atoms with van der Waals surface area (Å²) >= 11 is 1.12. The third-order valence-electron chi connectivity index (χ3n) is 3.24. The van der Waals surface area contributed by atoms with Crippen molar-refractivity contribution in [2.45, 2.75) is 22.8 Å². The van der Waals surface area contributed by atoms with Gasteiger partial charge in [-0.05, 0) is 25.0 Å². The van der Waals surface area contributed by atoms with Crippen molar-refractivity contribution in [3.63, 3.8) is 0 Å². The minimum atomic E-state index is -3.48. The molecule has 0 spiro atoms. The van der Waals surface area contributed by atoms with Crippen molar-refractivity contribution in [3.8, 4) is 0 Å². The summed E-state index contributed by atoms with van der Waals surface area (Å²) < 4.78 is 26.1. The van der Waals surface area contributed by atoms with E-state index in [1.165, 1.54) is 23.6 Å². The highest BCUT2D eigenvalue weighted by Crippen LogP contribution is 2.22. The molecule has 1 aliphatic rings. The van der Waals surface area contributed by atoms with E-state index in [4.69, 9.17) is 0 Å². The van der Waals surface area contributed by atoms with Gasteiger partial charge in [-0.15, -0.1) is 0 Å². The second-order valence-electron chi connectivity index (χ2n) is 4.86. The first-order chi connectivity index (χ1) is 10.9. The van der Waals surface area contributed by atoms with Gasteiger partial charge in [-0.2, -0.15) is 4.31 Å². The maximum atomic E-state index is 12.3. The number of hydrogen-bond donors (Lipinski definition) is 2. The van der Waals surface area contributed by atoms with E-state index in [9.17, 15) is 18.0 Å². The molecule has 2 N–H and O–H groups in total. The number of carbonyl (C=O) groups excluding carboxylic acids is 2. The van der Waals surface area contributed by atoms with Gasteiger partial charge in [0, 0.05) is 26.3 Å². The highest BCUT2D eigenvalue weighted by molar-refractivity contribution is 7.99. The molecule has 1 aromatic heterocycles. The second kappa shape index (κ2) is 7.75. The third kappa shape index (κ3) is 4.66. The third-order valence-corrected chi connectivity index (χ3v) is 6.07. The number of aromatic nitrogens is 1. The lowest BCUT2D eigenvalue weighted by atomic mass is 10.4. The largest absolute Gasteiger partial charge is 0.341 e. The molecule has 0 radical (unpaired) electrons. The standard InChI is InChI=1S/C13H18N4O4S2/c1-14-13(19)16-11(18)9-22-12-5-4-10(8-15-12)23(20,21)17-6-2-3-7-17/h4-5,8H,2-3,6-7,9H2,1H3,(H2,14,16,18,19). The van der Waals surface area contributed by atoms with E-state index in [1.54, 1.807) is 6.07 Å². The number of hydrogen-bond acceptors (Lipinski definition) is 6. The molecule has 1 fully saturated rings. The van der Waals surface area contributed by atoms with Crippen molar-refractivity contribution in [3.05, 3.63) is 18.3 Å². The van der Waals surface area contributed by atoms with E-state index in [0.29, 0.717) is 18.1 Å². The van der Waals surface area contributed by atoms with Crippen LogP contribution in [0.15, 0.2) is 28.3 Å². The zero-order valence-electron chi connectivity index (χ0n) is 12.6. The Hall–Kier alpha value is -1.65. The topological polar surface area (TPSA) is 108 Å². The van der Waals surface area contributed by atoms with Gasteiger partial charge in [0.1, 0.15) is 4.90 Å². The number of nitrogens with zero attached hydrogens (tertiary/aromatic N) is 2. The average molecular weight is 358 g/mol. The van der Waals surface area contributed by atoms with Crippen LogP contribution in [0.25, 0.3) is 0 Å². The number of pyridine rings is 1. The fraction of sp³-hybridized carbons (Fsp3) is 0.462.